The molecule has 7 rings (SSSR count). The number of carboxylic acid groups (broad SMARTS) is 1. The minimum absolute atomic E-state index is 0.0805. The molecule has 1 aliphatic carbocycles. The fourth-order valence-electron chi connectivity index (χ4n) is 7.58. The Labute approximate surface area is 280 Å². The Hall–Kier alpha value is -4.45. The van der Waals surface area contributed by atoms with Crippen molar-refractivity contribution in [3.8, 4) is 11.5 Å². The van der Waals surface area contributed by atoms with E-state index in [4.69, 9.17) is 9.47 Å². The number of ether oxygens (including phenoxy) is 2. The minimum Gasteiger partial charge on any atom is -0.494 e. The zero-order chi connectivity index (χ0) is 32.8. The van der Waals surface area contributed by atoms with Crippen molar-refractivity contribution >= 4 is 44.7 Å². The van der Waals surface area contributed by atoms with E-state index in [0.29, 0.717) is 54.9 Å². The number of halogens is 1. The zero-order valence-electron chi connectivity index (χ0n) is 26.3. The highest BCUT2D eigenvalue weighted by Crippen LogP contribution is 2.44. The standard InChI is InChI=1S/C35H36BrN5O6/c1-39-32-27(37-38-39)15-20(16-30(32)46-2)19-47-29-12-11-26(36)25-13-14-41(34(43)23-9-5-6-10-24(23)35(44)45)28(31(25)29)18-40-17-21-7-3-4-8-22(21)33(40)42/h3-4,7-8,11-12,15-16,23-24,28H,5-6,9-10,13-14,17-19H2,1-2H3,(H,44,45)/t23?,24-,28-/m1/s1. The molecule has 0 bridgehead atoms. The lowest BCUT2D eigenvalue weighted by Gasteiger charge is -2.43. The van der Waals surface area contributed by atoms with Gasteiger partial charge in [0.25, 0.3) is 5.91 Å². The van der Waals surface area contributed by atoms with Crippen molar-refractivity contribution < 1.29 is 29.0 Å². The molecule has 3 atom stereocenters. The molecule has 12 heteroatoms. The van der Waals surface area contributed by atoms with Crippen LogP contribution in [-0.4, -0.2) is 67.9 Å². The summed E-state index contributed by atoms with van der Waals surface area (Å²) in [5, 5.41) is 18.4. The van der Waals surface area contributed by atoms with Crippen molar-refractivity contribution in [2.45, 2.75) is 51.3 Å². The minimum atomic E-state index is -0.926. The van der Waals surface area contributed by atoms with Crippen molar-refractivity contribution in [2.24, 2.45) is 18.9 Å². The number of methoxy groups -OCH3 is 1. The third-order valence-corrected chi connectivity index (χ3v) is 10.6. The maximum absolute atomic E-state index is 14.4. The highest BCUT2D eigenvalue weighted by atomic mass is 79.9. The summed E-state index contributed by atoms with van der Waals surface area (Å²) in [4.78, 5) is 43.9. The second kappa shape index (κ2) is 12.6. The highest BCUT2D eigenvalue weighted by Gasteiger charge is 2.44. The van der Waals surface area contributed by atoms with Gasteiger partial charge in [-0.3, -0.25) is 14.4 Å². The molecule has 3 aliphatic rings. The Morgan fingerprint density at radius 2 is 1.85 bits per heavy atom. The number of aliphatic carboxylic acids is 1. The lowest BCUT2D eigenvalue weighted by Crippen LogP contribution is -2.50. The van der Waals surface area contributed by atoms with Gasteiger partial charge in [-0.15, -0.1) is 5.10 Å². The van der Waals surface area contributed by atoms with Crippen LogP contribution < -0.4 is 9.47 Å². The Morgan fingerprint density at radius 3 is 2.62 bits per heavy atom. The van der Waals surface area contributed by atoms with Crippen LogP contribution in [0.3, 0.4) is 0 Å². The number of hydrogen-bond acceptors (Lipinski definition) is 7. The van der Waals surface area contributed by atoms with E-state index in [1.807, 2.05) is 60.5 Å². The summed E-state index contributed by atoms with van der Waals surface area (Å²) in [6.07, 6.45) is 3.19. The summed E-state index contributed by atoms with van der Waals surface area (Å²) in [5.41, 5.74) is 5.76. The molecule has 244 valence electrons. The largest absolute Gasteiger partial charge is 0.494 e. The predicted molar refractivity (Wildman–Crippen MR) is 176 cm³/mol. The van der Waals surface area contributed by atoms with Crippen LogP contribution in [0.2, 0.25) is 0 Å². The molecule has 1 N–H and O–H groups in total. The van der Waals surface area contributed by atoms with Crippen LogP contribution in [-0.2, 0) is 36.2 Å². The van der Waals surface area contributed by atoms with Gasteiger partial charge in [-0.25, -0.2) is 4.68 Å². The highest BCUT2D eigenvalue weighted by molar-refractivity contribution is 9.10. The van der Waals surface area contributed by atoms with Crippen molar-refractivity contribution in [2.75, 3.05) is 20.2 Å². The molecule has 3 aromatic carbocycles. The smallest absolute Gasteiger partial charge is 0.307 e. The van der Waals surface area contributed by atoms with Crippen LogP contribution in [0.25, 0.3) is 11.0 Å². The Balaban J connectivity index is 1.26. The number of benzene rings is 3. The van der Waals surface area contributed by atoms with Crippen molar-refractivity contribution in [1.29, 1.82) is 0 Å². The van der Waals surface area contributed by atoms with Crippen molar-refractivity contribution in [3.63, 3.8) is 0 Å². The quantitative estimate of drug-likeness (QED) is 0.263. The molecule has 2 aliphatic heterocycles. The molecular weight excluding hydrogens is 666 g/mol. The average Bonchev–Trinajstić information content (AvgIpc) is 3.62. The normalized spacial score (nSPS) is 20.7. The summed E-state index contributed by atoms with van der Waals surface area (Å²) in [6.45, 7) is 1.31. The molecule has 1 fully saturated rings. The number of amides is 2. The summed E-state index contributed by atoms with van der Waals surface area (Å²) >= 11 is 3.75. The van der Waals surface area contributed by atoms with Gasteiger partial charge >= 0.3 is 5.97 Å². The number of carboxylic acids is 1. The van der Waals surface area contributed by atoms with Gasteiger partial charge in [-0.2, -0.15) is 0 Å². The van der Waals surface area contributed by atoms with Gasteiger partial charge in [-0.1, -0.05) is 52.2 Å². The van der Waals surface area contributed by atoms with E-state index in [0.717, 1.165) is 45.1 Å². The number of hydrogen-bond donors (Lipinski definition) is 1. The maximum atomic E-state index is 14.4. The van der Waals surface area contributed by atoms with Gasteiger partial charge in [0, 0.05) is 42.3 Å². The molecule has 1 unspecified atom stereocenters. The SMILES string of the molecule is COc1cc(COc2ccc(Br)c3c2[C@@H](CN2Cc4ccccc4C2=O)N(C(=O)C2CCCC[C@H]2C(=O)O)CC3)cc2nnn(C)c12. The molecule has 3 heterocycles. The first-order valence-corrected chi connectivity index (χ1v) is 16.7. The summed E-state index contributed by atoms with van der Waals surface area (Å²) in [7, 11) is 3.41. The van der Waals surface area contributed by atoms with E-state index < -0.39 is 23.8 Å². The fourth-order valence-corrected chi connectivity index (χ4v) is 8.12. The molecule has 1 saturated carbocycles. The second-order valence-corrected chi connectivity index (χ2v) is 13.4. The molecule has 2 amide bonds. The van der Waals surface area contributed by atoms with Gasteiger partial charge in [0.2, 0.25) is 5.91 Å². The molecule has 47 heavy (non-hydrogen) atoms. The average molecular weight is 703 g/mol. The number of aromatic nitrogens is 3. The molecule has 1 aromatic heterocycles. The Bertz CT molecular complexity index is 1890. The number of rotatable bonds is 8. The third-order valence-electron chi connectivity index (χ3n) is 9.88. The first-order chi connectivity index (χ1) is 22.7. The predicted octanol–water partition coefficient (Wildman–Crippen LogP) is 5.29. The van der Waals surface area contributed by atoms with Gasteiger partial charge in [0.05, 0.1) is 25.0 Å². The molecule has 0 saturated heterocycles. The molecular formula is C35H36BrN5O6. The number of nitrogens with zero attached hydrogens (tertiary/aromatic N) is 5. The lowest BCUT2D eigenvalue weighted by molar-refractivity contribution is -0.153. The maximum Gasteiger partial charge on any atom is 0.307 e. The number of carbonyl (C=O) groups excluding carboxylic acids is 2. The summed E-state index contributed by atoms with van der Waals surface area (Å²) < 4.78 is 14.7. The fraction of sp³-hybridized carbons (Fsp3) is 0.400. The first-order valence-electron chi connectivity index (χ1n) is 16.0. The van der Waals surface area contributed by atoms with E-state index in [2.05, 4.69) is 26.2 Å². The summed E-state index contributed by atoms with van der Waals surface area (Å²) in [5.74, 6) is -1.27. The molecule has 4 aromatic rings. The van der Waals surface area contributed by atoms with Crippen LogP contribution in [0, 0.1) is 11.8 Å². The summed E-state index contributed by atoms with van der Waals surface area (Å²) in [6, 6.07) is 14.7. The first kappa shape index (κ1) is 31.2. The van der Waals surface area contributed by atoms with Crippen molar-refractivity contribution in [3.05, 3.63) is 80.8 Å². The van der Waals surface area contributed by atoms with Crippen LogP contribution in [0.1, 0.15) is 64.3 Å². The number of aryl methyl sites for hydroxylation is 1. The van der Waals surface area contributed by atoms with E-state index in [9.17, 15) is 19.5 Å². The van der Waals surface area contributed by atoms with Gasteiger partial charge < -0.3 is 24.4 Å². The Morgan fingerprint density at radius 1 is 1.06 bits per heavy atom. The van der Waals surface area contributed by atoms with Crippen molar-refractivity contribution in [1.82, 2.24) is 24.8 Å². The number of carbonyl (C=O) groups is 3. The van der Waals surface area contributed by atoms with Crippen LogP contribution in [0.5, 0.6) is 11.5 Å². The van der Waals surface area contributed by atoms with Crippen LogP contribution >= 0.6 is 15.9 Å². The van der Waals surface area contributed by atoms with Crippen LogP contribution in [0.4, 0.5) is 0 Å². The lowest BCUT2D eigenvalue weighted by atomic mass is 9.77. The van der Waals surface area contributed by atoms with E-state index in [-0.39, 0.29) is 25.0 Å². The van der Waals surface area contributed by atoms with E-state index in [1.54, 1.807) is 16.7 Å². The molecule has 0 spiro atoms. The molecule has 11 nitrogen and oxygen atoms in total. The zero-order valence-corrected chi connectivity index (χ0v) is 27.9. The molecule has 0 radical (unpaired) electrons. The van der Waals surface area contributed by atoms with Gasteiger partial charge in [-0.05, 0) is 66.3 Å². The Kier molecular flexibility index (Phi) is 8.37. The second-order valence-electron chi connectivity index (χ2n) is 12.6. The van der Waals surface area contributed by atoms with Gasteiger partial charge in [0.15, 0.2) is 0 Å². The van der Waals surface area contributed by atoms with Crippen LogP contribution in [0.15, 0.2) is 53.0 Å². The van der Waals surface area contributed by atoms with E-state index in [1.165, 1.54) is 0 Å². The topological polar surface area (TPSA) is 127 Å². The third kappa shape index (κ3) is 5.62. The monoisotopic (exact) mass is 701 g/mol. The van der Waals surface area contributed by atoms with Gasteiger partial charge in [0.1, 0.15) is 29.1 Å². The number of fused-ring (bicyclic) bond motifs is 3. The van der Waals surface area contributed by atoms with E-state index >= 15 is 0 Å².